The maximum atomic E-state index is 12.8. The Bertz CT molecular complexity index is 1450. The number of hydrogen-bond acceptors (Lipinski definition) is 5. The average molecular weight is 415 g/mol. The second kappa shape index (κ2) is 7.23. The molecule has 0 spiro atoms. The lowest BCUT2D eigenvalue weighted by Crippen LogP contribution is -2.15. The molecule has 0 aliphatic heterocycles. The lowest BCUT2D eigenvalue weighted by atomic mass is 10.1. The Morgan fingerprint density at radius 3 is 2.77 bits per heavy atom. The fourth-order valence-electron chi connectivity index (χ4n) is 3.38. The second-order valence-electron chi connectivity index (χ2n) is 6.83. The predicted molar refractivity (Wildman–Crippen MR) is 118 cm³/mol. The molecule has 30 heavy (non-hydrogen) atoms. The van der Waals surface area contributed by atoms with Gasteiger partial charge in [0.05, 0.1) is 22.8 Å². The highest BCUT2D eigenvalue weighted by Crippen LogP contribution is 2.26. The Labute approximate surface area is 175 Å². The SMILES string of the molecule is CCc1ccc(-c2csc(NC(=O)c3cnn4c3[nH]c(=O)c3ccccc34)n2)cc1. The van der Waals surface area contributed by atoms with Gasteiger partial charge in [0.25, 0.3) is 11.5 Å². The molecule has 0 saturated carbocycles. The van der Waals surface area contributed by atoms with Crippen LogP contribution in [-0.2, 0) is 6.42 Å². The summed E-state index contributed by atoms with van der Waals surface area (Å²) in [6.07, 6.45) is 2.43. The summed E-state index contributed by atoms with van der Waals surface area (Å²) >= 11 is 1.35. The number of benzene rings is 2. The van der Waals surface area contributed by atoms with Gasteiger partial charge in [-0.2, -0.15) is 5.10 Å². The molecule has 2 aromatic carbocycles. The minimum Gasteiger partial charge on any atom is -0.306 e. The van der Waals surface area contributed by atoms with Crippen LogP contribution in [-0.4, -0.2) is 25.5 Å². The van der Waals surface area contributed by atoms with Crippen molar-refractivity contribution in [2.24, 2.45) is 0 Å². The number of rotatable bonds is 4. The van der Waals surface area contributed by atoms with Crippen LogP contribution in [0.15, 0.2) is 64.9 Å². The molecule has 5 aromatic rings. The van der Waals surface area contributed by atoms with E-state index in [1.807, 2.05) is 23.6 Å². The molecule has 0 radical (unpaired) electrons. The van der Waals surface area contributed by atoms with Gasteiger partial charge in [0.15, 0.2) is 5.13 Å². The molecule has 148 valence electrons. The fourth-order valence-corrected chi connectivity index (χ4v) is 4.10. The van der Waals surface area contributed by atoms with Crippen LogP contribution in [0.2, 0.25) is 0 Å². The molecule has 5 rings (SSSR count). The van der Waals surface area contributed by atoms with Gasteiger partial charge in [-0.05, 0) is 24.1 Å². The number of carbonyl (C=O) groups excluding carboxylic acids is 1. The first-order valence-electron chi connectivity index (χ1n) is 9.49. The fraction of sp³-hybridized carbons (Fsp3) is 0.0909. The Balaban J connectivity index is 1.45. The zero-order chi connectivity index (χ0) is 20.7. The minimum absolute atomic E-state index is 0.264. The van der Waals surface area contributed by atoms with Gasteiger partial charge in [-0.1, -0.05) is 43.3 Å². The van der Waals surface area contributed by atoms with Crippen molar-refractivity contribution in [1.82, 2.24) is 19.6 Å². The van der Waals surface area contributed by atoms with Crippen molar-refractivity contribution in [3.63, 3.8) is 0 Å². The summed E-state index contributed by atoms with van der Waals surface area (Å²) in [5.74, 6) is -0.377. The Kier molecular flexibility index (Phi) is 4.40. The van der Waals surface area contributed by atoms with Gasteiger partial charge in [0.2, 0.25) is 0 Å². The van der Waals surface area contributed by atoms with Crippen molar-refractivity contribution in [2.75, 3.05) is 5.32 Å². The van der Waals surface area contributed by atoms with E-state index in [0.29, 0.717) is 21.7 Å². The van der Waals surface area contributed by atoms with Crippen LogP contribution in [0, 0.1) is 0 Å². The molecule has 0 aliphatic carbocycles. The van der Waals surface area contributed by atoms with Gasteiger partial charge >= 0.3 is 0 Å². The van der Waals surface area contributed by atoms with Gasteiger partial charge in [-0.3, -0.25) is 14.9 Å². The Morgan fingerprint density at radius 2 is 1.97 bits per heavy atom. The maximum Gasteiger partial charge on any atom is 0.262 e. The number of nitrogens with one attached hydrogen (secondary N) is 2. The summed E-state index contributed by atoms with van der Waals surface area (Å²) in [6.45, 7) is 2.11. The van der Waals surface area contributed by atoms with E-state index >= 15 is 0 Å². The summed E-state index contributed by atoms with van der Waals surface area (Å²) in [7, 11) is 0. The zero-order valence-electron chi connectivity index (χ0n) is 16.0. The highest BCUT2D eigenvalue weighted by molar-refractivity contribution is 7.14. The van der Waals surface area contributed by atoms with Crippen molar-refractivity contribution in [3.8, 4) is 11.3 Å². The highest BCUT2D eigenvalue weighted by Gasteiger charge is 2.17. The lowest BCUT2D eigenvalue weighted by Gasteiger charge is -2.03. The van der Waals surface area contributed by atoms with Crippen LogP contribution in [0.4, 0.5) is 5.13 Å². The van der Waals surface area contributed by atoms with Gasteiger partial charge in [0, 0.05) is 10.9 Å². The Morgan fingerprint density at radius 1 is 1.17 bits per heavy atom. The van der Waals surface area contributed by atoms with Crippen LogP contribution in [0.1, 0.15) is 22.8 Å². The summed E-state index contributed by atoms with van der Waals surface area (Å²) in [6, 6.07) is 15.3. The molecule has 7 nitrogen and oxygen atoms in total. The third-order valence-electron chi connectivity index (χ3n) is 5.01. The molecule has 8 heteroatoms. The summed E-state index contributed by atoms with van der Waals surface area (Å²) in [5, 5.41) is 10.00. The predicted octanol–water partition coefficient (Wildman–Crippen LogP) is 4.11. The standard InChI is InChI=1S/C22H17N5O2S/c1-2-13-7-9-14(10-8-13)17-12-30-22(24-17)26-21(29)16-11-23-27-18-6-4-3-5-15(18)20(28)25-19(16)27/h3-12H,2H2,1H3,(H,25,28)(H,24,26,29). The number of anilines is 1. The van der Waals surface area contributed by atoms with Crippen molar-refractivity contribution in [3.05, 3.63) is 81.6 Å². The van der Waals surface area contributed by atoms with E-state index in [9.17, 15) is 9.59 Å². The Hall–Kier alpha value is -3.78. The second-order valence-corrected chi connectivity index (χ2v) is 7.69. The number of nitrogens with zero attached hydrogens (tertiary/aromatic N) is 3. The van der Waals surface area contributed by atoms with Gasteiger partial charge in [0.1, 0.15) is 11.2 Å². The number of thiazole rings is 1. The molecule has 3 heterocycles. The normalized spacial score (nSPS) is 11.2. The molecule has 0 bridgehead atoms. The zero-order valence-corrected chi connectivity index (χ0v) is 16.9. The van der Waals surface area contributed by atoms with Crippen LogP contribution in [0.5, 0.6) is 0 Å². The van der Waals surface area contributed by atoms with E-state index < -0.39 is 0 Å². The van der Waals surface area contributed by atoms with E-state index in [0.717, 1.165) is 17.7 Å². The topological polar surface area (TPSA) is 92.2 Å². The number of para-hydroxylation sites is 1. The highest BCUT2D eigenvalue weighted by atomic mass is 32.1. The first kappa shape index (κ1) is 18.3. The number of amides is 1. The molecule has 0 atom stereocenters. The number of aromatic amines is 1. The number of H-pyrrole nitrogens is 1. The van der Waals surface area contributed by atoms with Crippen molar-refractivity contribution in [1.29, 1.82) is 0 Å². The first-order chi connectivity index (χ1) is 14.6. The third kappa shape index (κ3) is 3.07. The maximum absolute atomic E-state index is 12.8. The molecule has 1 amide bonds. The number of hydrogen-bond donors (Lipinski definition) is 2. The molecule has 0 fully saturated rings. The van der Waals surface area contributed by atoms with Gasteiger partial charge in [-0.25, -0.2) is 9.50 Å². The third-order valence-corrected chi connectivity index (χ3v) is 5.76. The van der Waals surface area contributed by atoms with E-state index in [4.69, 9.17) is 0 Å². The van der Waals surface area contributed by atoms with E-state index in [1.165, 1.54) is 23.1 Å². The molecule has 0 saturated heterocycles. The number of carbonyl (C=O) groups is 1. The van der Waals surface area contributed by atoms with Crippen LogP contribution < -0.4 is 10.9 Å². The number of fused-ring (bicyclic) bond motifs is 3. The molecular formula is C22H17N5O2S. The molecule has 3 aromatic heterocycles. The summed E-state index contributed by atoms with van der Waals surface area (Å²) < 4.78 is 1.56. The quantitative estimate of drug-likeness (QED) is 0.462. The molecule has 0 unspecified atom stereocenters. The summed E-state index contributed by atoms with van der Waals surface area (Å²) in [4.78, 5) is 32.5. The lowest BCUT2D eigenvalue weighted by molar-refractivity contribution is 0.102. The van der Waals surface area contributed by atoms with Crippen molar-refractivity contribution >= 4 is 38.9 Å². The number of aromatic nitrogens is 4. The van der Waals surface area contributed by atoms with Crippen LogP contribution >= 0.6 is 11.3 Å². The largest absolute Gasteiger partial charge is 0.306 e. The smallest absolute Gasteiger partial charge is 0.262 e. The number of aryl methyl sites for hydroxylation is 1. The van der Waals surface area contributed by atoms with Crippen molar-refractivity contribution in [2.45, 2.75) is 13.3 Å². The summed E-state index contributed by atoms with van der Waals surface area (Å²) in [5.41, 5.74) is 4.07. The monoisotopic (exact) mass is 415 g/mol. The molecular weight excluding hydrogens is 398 g/mol. The van der Waals surface area contributed by atoms with E-state index in [1.54, 1.807) is 22.7 Å². The minimum atomic E-state index is -0.377. The molecule has 0 aliphatic rings. The average Bonchev–Trinajstić information content (AvgIpc) is 3.41. The van der Waals surface area contributed by atoms with Crippen LogP contribution in [0.3, 0.4) is 0 Å². The van der Waals surface area contributed by atoms with E-state index in [-0.39, 0.29) is 17.0 Å². The van der Waals surface area contributed by atoms with Gasteiger partial charge < -0.3 is 4.98 Å². The molecule has 2 N–H and O–H groups in total. The van der Waals surface area contributed by atoms with Crippen LogP contribution in [0.25, 0.3) is 27.8 Å². The van der Waals surface area contributed by atoms with Crippen molar-refractivity contribution < 1.29 is 4.79 Å². The van der Waals surface area contributed by atoms with Gasteiger partial charge in [-0.15, -0.1) is 11.3 Å². The van der Waals surface area contributed by atoms with E-state index in [2.05, 4.69) is 39.4 Å². The first-order valence-corrected chi connectivity index (χ1v) is 10.4.